The Morgan fingerprint density at radius 1 is 0.323 bits per heavy atom. The molecule has 0 atom stereocenters. The summed E-state index contributed by atoms with van der Waals surface area (Å²) in [6, 6.07) is 75.0. The van der Waals surface area contributed by atoms with Gasteiger partial charge in [0, 0.05) is 54.7 Å². The molecule has 0 N–H and O–H groups in total. The molecule has 0 aliphatic rings. The van der Waals surface area contributed by atoms with Gasteiger partial charge in [-0.3, -0.25) is 0 Å². The molecule has 14 rings (SSSR count). The zero-order valence-electron chi connectivity index (χ0n) is 34.9. The van der Waals surface area contributed by atoms with E-state index in [0.717, 1.165) is 93.6 Å². The molecule has 0 saturated carbocycles. The Hall–Kier alpha value is -8.87. The van der Waals surface area contributed by atoms with Crippen molar-refractivity contribution in [3.8, 4) is 45.5 Å². The van der Waals surface area contributed by atoms with Gasteiger partial charge in [0.15, 0.2) is 17.5 Å². The van der Waals surface area contributed by atoms with E-state index in [9.17, 15) is 0 Å². The van der Waals surface area contributed by atoms with Gasteiger partial charge in [0.2, 0.25) is 0 Å². The van der Waals surface area contributed by atoms with Crippen LogP contribution < -0.4 is 0 Å². The second kappa shape index (κ2) is 13.8. The first-order chi connectivity index (χ1) is 32.2. The van der Waals surface area contributed by atoms with Crippen LogP contribution in [0.3, 0.4) is 0 Å². The summed E-state index contributed by atoms with van der Waals surface area (Å²) in [6.45, 7) is 0. The molecule has 302 valence electrons. The SMILES string of the molecule is c1ccc(-n2c3ccccc3c3cccc(-c4nc(-c5ccc6ccccc6c5)nc(-c5cc6oc7ccccc7c6cc5-n5c6ccccc6c6cc7ccccc7cc65)n4)c32)cc1. The highest BCUT2D eigenvalue weighted by Gasteiger charge is 2.24. The molecule has 4 aromatic heterocycles. The monoisotopic (exact) mass is 829 g/mol. The molecule has 14 aromatic rings. The molecule has 0 amide bonds. The summed E-state index contributed by atoms with van der Waals surface area (Å²) in [5.74, 6) is 1.70. The number of hydrogen-bond acceptors (Lipinski definition) is 4. The van der Waals surface area contributed by atoms with Gasteiger partial charge in [0.25, 0.3) is 0 Å². The third kappa shape index (κ3) is 5.44. The van der Waals surface area contributed by atoms with Crippen LogP contribution in [-0.4, -0.2) is 24.1 Å². The van der Waals surface area contributed by atoms with Gasteiger partial charge >= 0.3 is 0 Å². The van der Waals surface area contributed by atoms with Crippen molar-refractivity contribution in [1.29, 1.82) is 0 Å². The molecule has 0 bridgehead atoms. The molecule has 10 aromatic carbocycles. The van der Waals surface area contributed by atoms with Gasteiger partial charge < -0.3 is 13.6 Å². The molecule has 0 radical (unpaired) electrons. The predicted octanol–water partition coefficient (Wildman–Crippen LogP) is 15.3. The van der Waals surface area contributed by atoms with Crippen LogP contribution in [-0.2, 0) is 0 Å². The summed E-state index contributed by atoms with van der Waals surface area (Å²) in [6.07, 6.45) is 0. The summed E-state index contributed by atoms with van der Waals surface area (Å²) in [5, 5.41) is 11.3. The number of nitrogens with zero attached hydrogens (tertiary/aromatic N) is 5. The minimum atomic E-state index is 0.543. The van der Waals surface area contributed by atoms with E-state index < -0.39 is 0 Å². The molecule has 0 saturated heterocycles. The smallest absolute Gasteiger partial charge is 0.166 e. The maximum absolute atomic E-state index is 6.67. The predicted molar refractivity (Wildman–Crippen MR) is 267 cm³/mol. The second-order valence-corrected chi connectivity index (χ2v) is 16.8. The maximum Gasteiger partial charge on any atom is 0.166 e. The van der Waals surface area contributed by atoms with Crippen molar-refractivity contribution in [3.63, 3.8) is 0 Å². The lowest BCUT2D eigenvalue weighted by molar-refractivity contribution is 0.669. The average molecular weight is 830 g/mol. The molecule has 0 fully saturated rings. The Kier molecular flexibility index (Phi) is 7.59. The first kappa shape index (κ1) is 35.7. The van der Waals surface area contributed by atoms with Gasteiger partial charge in [-0.15, -0.1) is 0 Å². The molecule has 0 aliphatic heterocycles. The largest absolute Gasteiger partial charge is 0.456 e. The van der Waals surface area contributed by atoms with Gasteiger partial charge in [0.05, 0.1) is 27.8 Å². The van der Waals surface area contributed by atoms with E-state index in [1.807, 2.05) is 12.1 Å². The molecule has 0 spiro atoms. The van der Waals surface area contributed by atoms with E-state index in [4.69, 9.17) is 19.4 Å². The van der Waals surface area contributed by atoms with E-state index in [0.29, 0.717) is 17.5 Å². The summed E-state index contributed by atoms with van der Waals surface area (Å²) in [4.78, 5) is 16.5. The molecule has 0 aliphatic carbocycles. The fourth-order valence-corrected chi connectivity index (χ4v) is 10.2. The number of fused-ring (bicyclic) bond motifs is 11. The molecule has 4 heterocycles. The highest BCUT2D eigenvalue weighted by Crippen LogP contribution is 2.43. The third-order valence-corrected chi connectivity index (χ3v) is 13.1. The zero-order chi connectivity index (χ0) is 42.6. The highest BCUT2D eigenvalue weighted by molar-refractivity contribution is 6.16. The zero-order valence-corrected chi connectivity index (χ0v) is 34.9. The van der Waals surface area contributed by atoms with Crippen LogP contribution in [0.2, 0.25) is 0 Å². The molecular formula is C59H35N5O. The second-order valence-electron chi connectivity index (χ2n) is 16.8. The lowest BCUT2D eigenvalue weighted by Gasteiger charge is -2.16. The minimum absolute atomic E-state index is 0.543. The summed E-state index contributed by atoms with van der Waals surface area (Å²) in [5.41, 5.74) is 10.6. The van der Waals surface area contributed by atoms with Crippen LogP contribution in [0.4, 0.5) is 0 Å². The minimum Gasteiger partial charge on any atom is -0.456 e. The van der Waals surface area contributed by atoms with Crippen molar-refractivity contribution in [3.05, 3.63) is 212 Å². The first-order valence-corrected chi connectivity index (χ1v) is 21.9. The highest BCUT2D eigenvalue weighted by atomic mass is 16.3. The van der Waals surface area contributed by atoms with Gasteiger partial charge in [-0.2, -0.15) is 0 Å². The first-order valence-electron chi connectivity index (χ1n) is 21.9. The lowest BCUT2D eigenvalue weighted by Crippen LogP contribution is -2.04. The van der Waals surface area contributed by atoms with Crippen molar-refractivity contribution < 1.29 is 4.42 Å². The molecule has 65 heavy (non-hydrogen) atoms. The van der Waals surface area contributed by atoms with Crippen LogP contribution in [0.5, 0.6) is 0 Å². The molecule has 6 heteroatoms. The van der Waals surface area contributed by atoms with Gasteiger partial charge in [0.1, 0.15) is 11.2 Å². The number of hydrogen-bond donors (Lipinski definition) is 0. The van der Waals surface area contributed by atoms with Crippen LogP contribution >= 0.6 is 0 Å². The Labute approximate surface area is 371 Å². The van der Waals surface area contributed by atoms with E-state index in [1.54, 1.807) is 0 Å². The fraction of sp³-hybridized carbons (Fsp3) is 0. The number of furan rings is 1. The number of rotatable bonds is 5. The Bertz CT molecular complexity index is 4250. The van der Waals surface area contributed by atoms with Crippen LogP contribution in [0, 0.1) is 0 Å². The van der Waals surface area contributed by atoms with Crippen molar-refractivity contribution >= 4 is 87.1 Å². The summed E-state index contributed by atoms with van der Waals surface area (Å²) in [7, 11) is 0. The Morgan fingerprint density at radius 3 is 1.72 bits per heavy atom. The van der Waals surface area contributed by atoms with Crippen molar-refractivity contribution in [2.75, 3.05) is 0 Å². The van der Waals surface area contributed by atoms with Crippen LogP contribution in [0.1, 0.15) is 0 Å². The Balaban J connectivity index is 1.12. The molecule has 6 nitrogen and oxygen atoms in total. The van der Waals surface area contributed by atoms with E-state index in [2.05, 4.69) is 209 Å². The van der Waals surface area contributed by atoms with Crippen LogP contribution in [0.25, 0.3) is 133 Å². The normalized spacial score (nSPS) is 12.0. The maximum atomic E-state index is 6.67. The van der Waals surface area contributed by atoms with E-state index in [1.165, 1.54) is 21.5 Å². The fourth-order valence-electron chi connectivity index (χ4n) is 10.2. The van der Waals surface area contributed by atoms with E-state index in [-0.39, 0.29) is 0 Å². The molecule has 0 unspecified atom stereocenters. The number of benzene rings is 10. The number of aromatic nitrogens is 5. The topological polar surface area (TPSA) is 61.7 Å². The number of para-hydroxylation sites is 5. The standard InChI is InChI=1S/C59H35N5O/c1-2-19-41(20-3-1)63-50-26-11-8-21-42(50)45-24-14-25-46(56(45)63)58-60-57(40-30-29-36-15-4-5-16-37(36)31-40)61-59(62-58)49-35-55-48(44-23-10-13-28-54(44)65-55)34-53(49)64-51-27-12-9-22-43(51)47-32-38-17-6-7-18-39(38)33-52(47)64/h1-35H. The van der Waals surface area contributed by atoms with Crippen LogP contribution in [0.15, 0.2) is 217 Å². The average Bonchev–Trinajstić information content (AvgIpc) is 4.02. The quantitative estimate of drug-likeness (QED) is 0.173. The van der Waals surface area contributed by atoms with Crippen molar-refractivity contribution in [2.24, 2.45) is 0 Å². The third-order valence-electron chi connectivity index (χ3n) is 13.1. The van der Waals surface area contributed by atoms with E-state index >= 15 is 0 Å². The van der Waals surface area contributed by atoms with Crippen molar-refractivity contribution in [1.82, 2.24) is 24.1 Å². The van der Waals surface area contributed by atoms with Crippen molar-refractivity contribution in [2.45, 2.75) is 0 Å². The van der Waals surface area contributed by atoms with Gasteiger partial charge in [-0.1, -0.05) is 146 Å². The lowest BCUT2D eigenvalue weighted by atomic mass is 10.0. The Morgan fingerprint density at radius 2 is 0.923 bits per heavy atom. The summed E-state index contributed by atoms with van der Waals surface area (Å²) >= 11 is 0. The molecular weight excluding hydrogens is 795 g/mol. The summed E-state index contributed by atoms with van der Waals surface area (Å²) < 4.78 is 11.4. The van der Waals surface area contributed by atoms with Gasteiger partial charge in [-0.25, -0.2) is 15.0 Å². The van der Waals surface area contributed by atoms with Gasteiger partial charge in [-0.05, 0) is 88.3 Å².